The Kier molecular flexibility index (Phi) is 6.02. The lowest BCUT2D eigenvalue weighted by molar-refractivity contribution is 0.0994. The number of nitrogens with zero attached hydrogens (tertiary/aromatic N) is 4. The second-order valence-electron chi connectivity index (χ2n) is 9.00. The van der Waals surface area contributed by atoms with E-state index in [0.717, 1.165) is 58.8 Å². The summed E-state index contributed by atoms with van der Waals surface area (Å²) in [5.41, 5.74) is 12.0. The Hall–Kier alpha value is -3.73. The number of hydrogen-bond donors (Lipinski definition) is 4. The summed E-state index contributed by atoms with van der Waals surface area (Å²) in [6.45, 7) is 4.08. The molecule has 4 heterocycles. The Morgan fingerprint density at radius 1 is 1.20 bits per heavy atom. The maximum Gasteiger partial charge on any atom is 0.488 e. The van der Waals surface area contributed by atoms with Gasteiger partial charge in [-0.05, 0) is 42.7 Å². The van der Waals surface area contributed by atoms with Crippen LogP contribution in [-0.2, 0) is 19.5 Å². The van der Waals surface area contributed by atoms with Crippen LogP contribution in [0.5, 0.6) is 0 Å². The molecule has 0 bridgehead atoms. The third-order valence-electron chi connectivity index (χ3n) is 6.44. The predicted octanol–water partition coefficient (Wildman–Crippen LogP) is 1.08. The number of amides is 1. The minimum absolute atomic E-state index is 0.403. The number of primary amides is 1. The Balaban J connectivity index is 1.59. The first-order valence-electron chi connectivity index (χ1n) is 11.5. The third-order valence-corrected chi connectivity index (χ3v) is 6.44. The lowest BCUT2D eigenvalue weighted by atomic mass is 9.79. The summed E-state index contributed by atoms with van der Waals surface area (Å²) < 4.78 is 1.79. The molecule has 3 aromatic heterocycles. The number of carbonyl (C=O) groups is 1. The van der Waals surface area contributed by atoms with Crippen molar-refractivity contribution in [3.8, 4) is 11.4 Å². The molecule has 0 unspecified atom stereocenters. The standard InChI is InChI=1S/C25H27BN6O3/c1-15-13-32-20(7-4-8-21(32)23(27)33)22(15)25-29-19-9-10-31(2)14-18(19)24(30-25)28-12-16-5-3-6-17(11-16)26(34)35/h3-8,11,13,34-35H,9-10,12,14H2,1-2H3,(H2,27,33)(H,28,29,30). The first kappa shape index (κ1) is 23.0. The molecule has 0 atom stereocenters. The maximum absolute atomic E-state index is 12.0. The molecule has 1 aliphatic heterocycles. The van der Waals surface area contributed by atoms with E-state index in [4.69, 9.17) is 15.7 Å². The second kappa shape index (κ2) is 9.14. The molecule has 1 aromatic carbocycles. The van der Waals surface area contributed by atoms with E-state index in [0.29, 0.717) is 23.5 Å². The highest BCUT2D eigenvalue weighted by atomic mass is 16.4. The number of aromatic nitrogens is 3. The van der Waals surface area contributed by atoms with Gasteiger partial charge in [-0.1, -0.05) is 30.3 Å². The SMILES string of the molecule is Cc1cn2c(C(N)=O)cccc2c1-c1nc2c(c(NCc3cccc(B(O)O)c3)n1)CN(C)CC2. The van der Waals surface area contributed by atoms with Crippen molar-refractivity contribution in [2.24, 2.45) is 5.73 Å². The van der Waals surface area contributed by atoms with Crippen molar-refractivity contribution in [3.63, 3.8) is 0 Å². The largest absolute Gasteiger partial charge is 0.488 e. The van der Waals surface area contributed by atoms with Gasteiger partial charge in [-0.3, -0.25) is 4.79 Å². The number of aryl methyl sites for hydroxylation is 1. The van der Waals surface area contributed by atoms with Crippen LogP contribution in [-0.4, -0.2) is 55.9 Å². The number of nitrogens with one attached hydrogen (secondary N) is 1. The number of fused-ring (bicyclic) bond motifs is 2. The van der Waals surface area contributed by atoms with Crippen LogP contribution in [0.1, 0.15) is 32.9 Å². The van der Waals surface area contributed by atoms with Crippen molar-refractivity contribution >= 4 is 29.8 Å². The number of hydrogen-bond acceptors (Lipinski definition) is 7. The molecule has 0 saturated carbocycles. The third kappa shape index (κ3) is 4.39. The predicted molar refractivity (Wildman–Crippen MR) is 135 cm³/mol. The van der Waals surface area contributed by atoms with Gasteiger partial charge < -0.3 is 30.4 Å². The average Bonchev–Trinajstić information content (AvgIpc) is 3.18. The molecule has 0 spiro atoms. The molecular formula is C25H27BN6O3. The van der Waals surface area contributed by atoms with Crippen LogP contribution in [0.25, 0.3) is 16.9 Å². The van der Waals surface area contributed by atoms with Crippen molar-refractivity contribution < 1.29 is 14.8 Å². The summed E-state index contributed by atoms with van der Waals surface area (Å²) in [6.07, 6.45) is 2.69. The van der Waals surface area contributed by atoms with Gasteiger partial charge in [-0.15, -0.1) is 0 Å². The van der Waals surface area contributed by atoms with Crippen molar-refractivity contribution in [3.05, 3.63) is 76.7 Å². The lowest BCUT2D eigenvalue weighted by Crippen LogP contribution is -2.30. The minimum Gasteiger partial charge on any atom is -0.423 e. The maximum atomic E-state index is 12.0. The van der Waals surface area contributed by atoms with E-state index >= 15 is 0 Å². The molecule has 0 saturated heterocycles. The van der Waals surface area contributed by atoms with Crippen molar-refractivity contribution in [2.45, 2.75) is 26.4 Å². The molecule has 35 heavy (non-hydrogen) atoms. The van der Waals surface area contributed by atoms with E-state index in [1.54, 1.807) is 28.7 Å². The Bertz CT molecular complexity index is 1430. The highest BCUT2D eigenvalue weighted by Crippen LogP contribution is 2.32. The molecule has 1 amide bonds. The number of anilines is 1. The van der Waals surface area contributed by atoms with Gasteiger partial charge in [0.05, 0.1) is 11.2 Å². The number of rotatable bonds is 6. The summed E-state index contributed by atoms with van der Waals surface area (Å²) in [5, 5.41) is 22.5. The normalized spacial score (nSPS) is 13.6. The van der Waals surface area contributed by atoms with Crippen molar-refractivity contribution in [1.29, 1.82) is 0 Å². The molecule has 5 rings (SSSR count). The van der Waals surface area contributed by atoms with Crippen LogP contribution < -0.4 is 16.5 Å². The van der Waals surface area contributed by atoms with Gasteiger partial charge in [-0.25, -0.2) is 9.97 Å². The first-order valence-corrected chi connectivity index (χ1v) is 11.5. The lowest BCUT2D eigenvalue weighted by Gasteiger charge is -2.26. The smallest absolute Gasteiger partial charge is 0.423 e. The fraction of sp³-hybridized carbons (Fsp3) is 0.240. The van der Waals surface area contributed by atoms with Crippen LogP contribution in [0, 0.1) is 6.92 Å². The molecule has 0 fully saturated rings. The van der Waals surface area contributed by atoms with E-state index < -0.39 is 13.0 Å². The summed E-state index contributed by atoms with van der Waals surface area (Å²) in [6, 6.07) is 12.6. The number of likely N-dealkylation sites (N-methyl/N-ethyl adjacent to an activating group) is 1. The number of pyridine rings is 1. The summed E-state index contributed by atoms with van der Waals surface area (Å²) >= 11 is 0. The fourth-order valence-corrected chi connectivity index (χ4v) is 4.67. The number of carbonyl (C=O) groups excluding carboxylic acids is 1. The summed E-state index contributed by atoms with van der Waals surface area (Å²) in [4.78, 5) is 24.1. The number of nitrogens with two attached hydrogens (primary N) is 1. The van der Waals surface area contributed by atoms with Crippen molar-refractivity contribution in [2.75, 3.05) is 18.9 Å². The molecule has 0 radical (unpaired) electrons. The first-order chi connectivity index (χ1) is 16.8. The van der Waals surface area contributed by atoms with Gasteiger partial charge in [0.25, 0.3) is 5.91 Å². The van der Waals surface area contributed by atoms with Gasteiger partial charge in [0.2, 0.25) is 0 Å². The Labute approximate surface area is 203 Å². The van der Waals surface area contributed by atoms with Crippen LogP contribution in [0.15, 0.2) is 48.7 Å². The van der Waals surface area contributed by atoms with Gasteiger partial charge in [-0.2, -0.15) is 0 Å². The van der Waals surface area contributed by atoms with Crippen molar-refractivity contribution in [1.82, 2.24) is 19.3 Å². The molecular weight excluding hydrogens is 443 g/mol. The molecule has 5 N–H and O–H groups in total. The zero-order chi connectivity index (χ0) is 24.7. The van der Waals surface area contributed by atoms with E-state index in [-0.39, 0.29) is 0 Å². The van der Waals surface area contributed by atoms with Crippen LogP contribution >= 0.6 is 0 Å². The quantitative estimate of drug-likeness (QED) is 0.311. The van der Waals surface area contributed by atoms with Gasteiger partial charge >= 0.3 is 7.12 Å². The van der Waals surface area contributed by atoms with E-state index in [1.165, 1.54) is 0 Å². The molecule has 178 valence electrons. The summed E-state index contributed by atoms with van der Waals surface area (Å²) in [5.74, 6) is 0.845. The second-order valence-corrected chi connectivity index (χ2v) is 9.00. The molecule has 4 aromatic rings. The molecule has 0 aliphatic carbocycles. The monoisotopic (exact) mass is 470 g/mol. The zero-order valence-electron chi connectivity index (χ0n) is 19.7. The van der Waals surface area contributed by atoms with Crippen LogP contribution in [0.4, 0.5) is 5.82 Å². The van der Waals surface area contributed by atoms with E-state index in [9.17, 15) is 14.8 Å². The Morgan fingerprint density at radius 2 is 2.00 bits per heavy atom. The fourth-order valence-electron chi connectivity index (χ4n) is 4.67. The number of benzene rings is 1. The highest BCUT2D eigenvalue weighted by Gasteiger charge is 2.23. The van der Waals surface area contributed by atoms with Gasteiger partial charge in [0.15, 0.2) is 5.82 Å². The molecule has 10 heteroatoms. The topological polar surface area (TPSA) is 129 Å². The van der Waals surface area contributed by atoms with Crippen LogP contribution in [0.3, 0.4) is 0 Å². The average molecular weight is 470 g/mol. The highest BCUT2D eigenvalue weighted by molar-refractivity contribution is 6.58. The van der Waals surface area contributed by atoms with Crippen LogP contribution in [0.2, 0.25) is 0 Å². The van der Waals surface area contributed by atoms with E-state index in [1.807, 2.05) is 31.3 Å². The van der Waals surface area contributed by atoms with E-state index in [2.05, 4.69) is 17.3 Å². The zero-order valence-corrected chi connectivity index (χ0v) is 19.7. The molecule has 1 aliphatic rings. The summed E-state index contributed by atoms with van der Waals surface area (Å²) in [7, 11) is 0.558. The minimum atomic E-state index is -1.52. The Morgan fingerprint density at radius 3 is 2.77 bits per heavy atom. The van der Waals surface area contributed by atoms with Gasteiger partial charge in [0, 0.05) is 43.4 Å². The molecule has 9 nitrogen and oxygen atoms in total. The van der Waals surface area contributed by atoms with Gasteiger partial charge in [0.1, 0.15) is 11.5 Å².